The van der Waals surface area contributed by atoms with Crippen LogP contribution < -0.4 is 5.32 Å². The molecule has 7 nitrogen and oxygen atoms in total. The number of hydrogen-bond acceptors (Lipinski definition) is 6. The molecule has 0 atom stereocenters. The van der Waals surface area contributed by atoms with Crippen molar-refractivity contribution in [2.75, 3.05) is 31.5 Å². The van der Waals surface area contributed by atoms with Crippen LogP contribution in [0.25, 0.3) is 5.65 Å². The maximum Gasteiger partial charge on any atom is 0.200 e. The van der Waals surface area contributed by atoms with Crippen LogP contribution in [0.5, 0.6) is 0 Å². The number of tetrazole rings is 1. The molecule has 2 aromatic heterocycles. The summed E-state index contributed by atoms with van der Waals surface area (Å²) in [4.78, 5) is 2.56. The highest BCUT2D eigenvalue weighted by molar-refractivity contribution is 5.41. The summed E-state index contributed by atoms with van der Waals surface area (Å²) in [6.45, 7) is 6.92. The van der Waals surface area contributed by atoms with E-state index in [1.807, 2.05) is 12.1 Å². The van der Waals surface area contributed by atoms with Crippen LogP contribution in [0, 0.1) is 5.92 Å². The Bertz CT molecular complexity index is 544. The molecule has 3 rings (SSSR count). The van der Waals surface area contributed by atoms with Gasteiger partial charge in [-0.2, -0.15) is 0 Å². The standard InChI is InChI=1S/C13H21N7/c1-11-5-9-19(10-6-11)8-2-7-14-12-3-4-13-15-17-18-20(13)16-12/h3-4,11H,2,5-10H2,1H3,(H,14,16). The van der Waals surface area contributed by atoms with Crippen LogP contribution in [0.4, 0.5) is 5.82 Å². The molecule has 0 spiro atoms. The van der Waals surface area contributed by atoms with E-state index in [1.165, 1.54) is 30.6 Å². The Morgan fingerprint density at radius 1 is 1.30 bits per heavy atom. The van der Waals surface area contributed by atoms with Crippen molar-refractivity contribution < 1.29 is 0 Å². The van der Waals surface area contributed by atoms with E-state index >= 15 is 0 Å². The number of piperidine rings is 1. The van der Waals surface area contributed by atoms with Crippen LogP contribution >= 0.6 is 0 Å². The third-order valence-electron chi connectivity index (χ3n) is 3.90. The second kappa shape index (κ2) is 6.13. The van der Waals surface area contributed by atoms with Crippen molar-refractivity contribution in [1.29, 1.82) is 0 Å². The molecular weight excluding hydrogens is 254 g/mol. The first-order valence-corrected chi connectivity index (χ1v) is 7.33. The van der Waals surface area contributed by atoms with Crippen molar-refractivity contribution in [2.45, 2.75) is 26.2 Å². The van der Waals surface area contributed by atoms with Crippen LogP contribution in [-0.4, -0.2) is 56.3 Å². The molecule has 0 unspecified atom stereocenters. The van der Waals surface area contributed by atoms with Crippen molar-refractivity contribution in [2.24, 2.45) is 5.92 Å². The molecule has 20 heavy (non-hydrogen) atoms. The van der Waals surface area contributed by atoms with Gasteiger partial charge in [-0.05, 0) is 67.4 Å². The smallest absolute Gasteiger partial charge is 0.200 e. The third-order valence-corrected chi connectivity index (χ3v) is 3.90. The fraction of sp³-hybridized carbons (Fsp3) is 0.692. The van der Waals surface area contributed by atoms with Crippen molar-refractivity contribution in [3.63, 3.8) is 0 Å². The normalized spacial score (nSPS) is 17.6. The largest absolute Gasteiger partial charge is 0.369 e. The first-order valence-electron chi connectivity index (χ1n) is 7.33. The van der Waals surface area contributed by atoms with Gasteiger partial charge >= 0.3 is 0 Å². The Morgan fingerprint density at radius 2 is 2.15 bits per heavy atom. The first kappa shape index (κ1) is 13.2. The Morgan fingerprint density at radius 3 is 3.00 bits per heavy atom. The van der Waals surface area contributed by atoms with Gasteiger partial charge in [-0.25, -0.2) is 0 Å². The number of hydrogen-bond donors (Lipinski definition) is 1. The van der Waals surface area contributed by atoms with E-state index < -0.39 is 0 Å². The zero-order chi connectivity index (χ0) is 13.8. The summed E-state index contributed by atoms with van der Waals surface area (Å²) in [6.07, 6.45) is 3.81. The lowest BCUT2D eigenvalue weighted by molar-refractivity contribution is 0.192. The molecule has 3 heterocycles. The highest BCUT2D eigenvalue weighted by Gasteiger charge is 2.14. The topological polar surface area (TPSA) is 71.2 Å². The van der Waals surface area contributed by atoms with Gasteiger partial charge in [-0.3, -0.25) is 0 Å². The number of anilines is 1. The van der Waals surface area contributed by atoms with Gasteiger partial charge in [-0.1, -0.05) is 6.92 Å². The molecule has 0 radical (unpaired) electrons. The molecule has 0 amide bonds. The second-order valence-electron chi connectivity index (χ2n) is 5.55. The van der Waals surface area contributed by atoms with E-state index in [2.05, 4.69) is 37.8 Å². The van der Waals surface area contributed by atoms with E-state index in [1.54, 1.807) is 0 Å². The van der Waals surface area contributed by atoms with Gasteiger partial charge < -0.3 is 10.2 Å². The van der Waals surface area contributed by atoms with Gasteiger partial charge in [0.2, 0.25) is 0 Å². The van der Waals surface area contributed by atoms with Crippen molar-refractivity contribution >= 4 is 11.5 Å². The summed E-state index contributed by atoms with van der Waals surface area (Å²) in [5, 5.41) is 18.8. The first-order chi connectivity index (χ1) is 9.81. The number of nitrogens with one attached hydrogen (secondary N) is 1. The fourth-order valence-corrected chi connectivity index (χ4v) is 2.55. The predicted molar refractivity (Wildman–Crippen MR) is 76.5 cm³/mol. The van der Waals surface area contributed by atoms with E-state index in [4.69, 9.17) is 0 Å². The summed E-state index contributed by atoms with van der Waals surface area (Å²) in [6, 6.07) is 3.77. The van der Waals surface area contributed by atoms with E-state index in [0.717, 1.165) is 31.2 Å². The zero-order valence-electron chi connectivity index (χ0n) is 11.9. The number of nitrogens with zero attached hydrogens (tertiary/aromatic N) is 6. The summed E-state index contributed by atoms with van der Waals surface area (Å²) in [7, 11) is 0. The number of rotatable bonds is 5. The molecular formula is C13H21N7. The number of fused-ring (bicyclic) bond motifs is 1. The molecule has 1 aliphatic heterocycles. The molecule has 1 N–H and O–H groups in total. The molecule has 1 fully saturated rings. The average molecular weight is 275 g/mol. The maximum absolute atomic E-state index is 4.29. The minimum absolute atomic E-state index is 0.665. The van der Waals surface area contributed by atoms with Crippen LogP contribution in [0.3, 0.4) is 0 Å². The van der Waals surface area contributed by atoms with Crippen molar-refractivity contribution in [3.8, 4) is 0 Å². The van der Waals surface area contributed by atoms with Gasteiger partial charge in [0.25, 0.3) is 0 Å². The quantitative estimate of drug-likeness (QED) is 0.823. The lowest BCUT2D eigenvalue weighted by Crippen LogP contribution is -2.34. The number of aromatic nitrogens is 5. The van der Waals surface area contributed by atoms with Gasteiger partial charge in [0.1, 0.15) is 5.82 Å². The van der Waals surface area contributed by atoms with Gasteiger partial charge in [0.05, 0.1) is 0 Å². The lowest BCUT2D eigenvalue weighted by Gasteiger charge is -2.30. The highest BCUT2D eigenvalue weighted by atomic mass is 15.6. The van der Waals surface area contributed by atoms with E-state index in [-0.39, 0.29) is 0 Å². The molecule has 1 aliphatic rings. The van der Waals surface area contributed by atoms with Crippen LogP contribution in [0.15, 0.2) is 12.1 Å². The predicted octanol–water partition coefficient (Wildman–Crippen LogP) is 1.05. The Balaban J connectivity index is 1.41. The van der Waals surface area contributed by atoms with Crippen LogP contribution in [-0.2, 0) is 0 Å². The molecule has 0 bridgehead atoms. The van der Waals surface area contributed by atoms with E-state index in [9.17, 15) is 0 Å². The molecule has 2 aromatic rings. The summed E-state index contributed by atoms with van der Waals surface area (Å²) >= 11 is 0. The summed E-state index contributed by atoms with van der Waals surface area (Å²) < 4.78 is 1.44. The van der Waals surface area contributed by atoms with Crippen molar-refractivity contribution in [3.05, 3.63) is 12.1 Å². The van der Waals surface area contributed by atoms with Gasteiger partial charge in [-0.15, -0.1) is 14.8 Å². The van der Waals surface area contributed by atoms with Gasteiger partial charge in [0, 0.05) is 6.54 Å². The highest BCUT2D eigenvalue weighted by Crippen LogP contribution is 2.15. The minimum atomic E-state index is 0.665. The van der Waals surface area contributed by atoms with E-state index in [0.29, 0.717) is 5.65 Å². The Hall–Kier alpha value is -1.76. The maximum atomic E-state index is 4.29. The fourth-order valence-electron chi connectivity index (χ4n) is 2.55. The molecule has 7 heteroatoms. The van der Waals surface area contributed by atoms with Crippen LogP contribution in [0.2, 0.25) is 0 Å². The molecule has 0 aromatic carbocycles. The molecule has 0 saturated carbocycles. The second-order valence-corrected chi connectivity index (χ2v) is 5.55. The monoisotopic (exact) mass is 275 g/mol. The zero-order valence-corrected chi connectivity index (χ0v) is 11.9. The summed E-state index contributed by atoms with van der Waals surface area (Å²) in [5.74, 6) is 1.72. The Kier molecular flexibility index (Phi) is 4.05. The van der Waals surface area contributed by atoms with Gasteiger partial charge in [0.15, 0.2) is 5.65 Å². The SMILES string of the molecule is CC1CCN(CCCNc2ccc3nnnn3n2)CC1. The average Bonchev–Trinajstić information content (AvgIpc) is 2.93. The lowest BCUT2D eigenvalue weighted by atomic mass is 9.99. The third kappa shape index (κ3) is 3.22. The Labute approximate surface area is 118 Å². The minimum Gasteiger partial charge on any atom is -0.369 e. The molecule has 108 valence electrons. The number of likely N-dealkylation sites (tertiary alicyclic amines) is 1. The molecule has 0 aliphatic carbocycles. The van der Waals surface area contributed by atoms with Crippen molar-refractivity contribution in [1.82, 2.24) is 30.2 Å². The summed E-state index contributed by atoms with van der Waals surface area (Å²) in [5.41, 5.74) is 0.665. The van der Waals surface area contributed by atoms with Crippen LogP contribution in [0.1, 0.15) is 26.2 Å². The molecule has 1 saturated heterocycles.